The van der Waals surface area contributed by atoms with Crippen LogP contribution in [0.3, 0.4) is 0 Å². The molecule has 2 unspecified atom stereocenters. The molecule has 1 aromatic heterocycles. The second kappa shape index (κ2) is 5.52. The van der Waals surface area contributed by atoms with Crippen molar-refractivity contribution in [3.8, 4) is 0 Å². The van der Waals surface area contributed by atoms with Crippen molar-refractivity contribution in [2.45, 2.75) is 50.8 Å². The van der Waals surface area contributed by atoms with E-state index in [0.717, 1.165) is 6.42 Å². The van der Waals surface area contributed by atoms with Gasteiger partial charge in [0.05, 0.1) is 10.7 Å². The van der Waals surface area contributed by atoms with Crippen molar-refractivity contribution in [3.63, 3.8) is 0 Å². The van der Waals surface area contributed by atoms with Crippen LogP contribution in [0.2, 0.25) is 0 Å². The molecule has 2 rings (SSSR count). The smallest absolute Gasteiger partial charge is 0.0946 e. The normalized spacial score (nSPS) is 23.3. The highest BCUT2D eigenvalue weighted by atomic mass is 32.2. The number of nitrogens with zero attached hydrogens (tertiary/aromatic N) is 1. The highest BCUT2D eigenvalue weighted by Crippen LogP contribution is 2.29. The summed E-state index contributed by atoms with van der Waals surface area (Å²) in [4.78, 5) is 5.91. The van der Waals surface area contributed by atoms with Crippen LogP contribution in [0.4, 0.5) is 0 Å². The van der Waals surface area contributed by atoms with E-state index in [1.807, 2.05) is 0 Å². The fourth-order valence-corrected chi connectivity index (χ4v) is 4.42. The summed E-state index contributed by atoms with van der Waals surface area (Å²) in [5.41, 5.74) is 7.46. The summed E-state index contributed by atoms with van der Waals surface area (Å²) in [6.45, 7) is 4.22. The van der Waals surface area contributed by atoms with E-state index < -0.39 is 0 Å². The average Bonchev–Trinajstić information content (AvgIpc) is 2.59. The van der Waals surface area contributed by atoms with Gasteiger partial charge in [-0.1, -0.05) is 6.42 Å². The molecule has 1 fully saturated rings. The van der Waals surface area contributed by atoms with Crippen molar-refractivity contribution in [1.82, 2.24) is 4.98 Å². The highest BCUT2D eigenvalue weighted by molar-refractivity contribution is 8.00. The monoisotopic (exact) mass is 256 g/mol. The Kier molecular flexibility index (Phi) is 4.27. The Morgan fingerprint density at radius 3 is 2.81 bits per heavy atom. The molecule has 0 bridgehead atoms. The molecule has 1 aliphatic heterocycles. The largest absolute Gasteiger partial charge is 0.326 e. The molecule has 1 aliphatic rings. The lowest BCUT2D eigenvalue weighted by Gasteiger charge is -2.26. The summed E-state index contributed by atoms with van der Waals surface area (Å²) in [6, 6.07) is 0.287. The number of aromatic nitrogens is 1. The molecule has 1 aromatic rings. The van der Waals surface area contributed by atoms with Gasteiger partial charge in [-0.15, -0.1) is 11.3 Å². The van der Waals surface area contributed by atoms with Crippen molar-refractivity contribution in [2.24, 2.45) is 5.73 Å². The lowest BCUT2D eigenvalue weighted by Crippen LogP contribution is -2.36. The van der Waals surface area contributed by atoms with E-state index in [1.54, 1.807) is 11.3 Å². The predicted octanol–water partition coefficient (Wildman–Crippen LogP) is 2.92. The maximum atomic E-state index is 6.29. The fourth-order valence-electron chi connectivity index (χ4n) is 2.06. The van der Waals surface area contributed by atoms with E-state index in [9.17, 15) is 0 Å². The van der Waals surface area contributed by atoms with Crippen LogP contribution in [0.5, 0.6) is 0 Å². The van der Waals surface area contributed by atoms with Crippen LogP contribution in [-0.2, 0) is 6.42 Å². The number of hydrogen-bond acceptors (Lipinski definition) is 4. The molecule has 4 heteroatoms. The van der Waals surface area contributed by atoms with Crippen LogP contribution in [0.15, 0.2) is 0 Å². The zero-order valence-corrected chi connectivity index (χ0v) is 11.7. The van der Waals surface area contributed by atoms with Crippen LogP contribution in [0.1, 0.15) is 34.8 Å². The van der Waals surface area contributed by atoms with E-state index in [0.29, 0.717) is 5.25 Å². The van der Waals surface area contributed by atoms with E-state index >= 15 is 0 Å². The SMILES string of the molecule is Cc1nc(CC(N)C2CCCCS2)sc1C. The lowest BCUT2D eigenvalue weighted by atomic mass is 10.1. The Balaban J connectivity index is 1.93. The third kappa shape index (κ3) is 2.99. The number of hydrogen-bond donors (Lipinski definition) is 1. The third-order valence-electron chi connectivity index (χ3n) is 3.18. The minimum absolute atomic E-state index is 0.287. The second-order valence-electron chi connectivity index (χ2n) is 4.52. The first-order valence-electron chi connectivity index (χ1n) is 5.97. The van der Waals surface area contributed by atoms with Gasteiger partial charge < -0.3 is 5.73 Å². The number of thiazole rings is 1. The molecule has 2 nitrogen and oxygen atoms in total. The van der Waals surface area contributed by atoms with E-state index in [2.05, 4.69) is 30.6 Å². The van der Waals surface area contributed by atoms with Gasteiger partial charge in [0.15, 0.2) is 0 Å². The summed E-state index contributed by atoms with van der Waals surface area (Å²) in [5.74, 6) is 1.29. The summed E-state index contributed by atoms with van der Waals surface area (Å²) >= 11 is 3.86. The minimum Gasteiger partial charge on any atom is -0.326 e. The van der Waals surface area contributed by atoms with Crippen molar-refractivity contribution < 1.29 is 0 Å². The lowest BCUT2D eigenvalue weighted by molar-refractivity contribution is 0.558. The quantitative estimate of drug-likeness (QED) is 0.904. The zero-order chi connectivity index (χ0) is 11.5. The molecule has 0 spiro atoms. The Morgan fingerprint density at radius 1 is 1.44 bits per heavy atom. The standard InChI is InChI=1S/C12H20N2S2/c1-8-9(2)16-12(14-8)7-10(13)11-5-3-4-6-15-11/h10-11H,3-7,13H2,1-2H3. The van der Waals surface area contributed by atoms with Crippen LogP contribution in [0, 0.1) is 13.8 Å². The molecule has 16 heavy (non-hydrogen) atoms. The molecule has 0 amide bonds. The number of aryl methyl sites for hydroxylation is 2. The van der Waals surface area contributed by atoms with Crippen molar-refractivity contribution >= 4 is 23.1 Å². The molecule has 0 aliphatic carbocycles. The third-order valence-corrected chi connectivity index (χ3v) is 5.81. The maximum Gasteiger partial charge on any atom is 0.0946 e. The molecule has 90 valence electrons. The van der Waals surface area contributed by atoms with Gasteiger partial charge >= 0.3 is 0 Å². The van der Waals surface area contributed by atoms with Gasteiger partial charge in [-0.3, -0.25) is 0 Å². The first kappa shape index (κ1) is 12.4. The van der Waals surface area contributed by atoms with Gasteiger partial charge in [0.25, 0.3) is 0 Å². The Bertz CT molecular complexity index is 323. The molecule has 1 saturated heterocycles. The van der Waals surface area contributed by atoms with Crippen molar-refractivity contribution in [3.05, 3.63) is 15.6 Å². The van der Waals surface area contributed by atoms with Crippen LogP contribution in [0.25, 0.3) is 0 Å². The minimum atomic E-state index is 0.287. The summed E-state index contributed by atoms with van der Waals surface area (Å²) in [5, 5.41) is 1.87. The summed E-state index contributed by atoms with van der Waals surface area (Å²) in [6.07, 6.45) is 4.96. The zero-order valence-electron chi connectivity index (χ0n) is 10.0. The first-order chi connectivity index (χ1) is 7.66. The van der Waals surface area contributed by atoms with Crippen molar-refractivity contribution in [2.75, 3.05) is 5.75 Å². The van der Waals surface area contributed by atoms with Gasteiger partial charge in [-0.25, -0.2) is 4.98 Å². The number of nitrogens with two attached hydrogens (primary N) is 1. The van der Waals surface area contributed by atoms with Crippen LogP contribution in [-0.4, -0.2) is 22.0 Å². The van der Waals surface area contributed by atoms with E-state index in [-0.39, 0.29) is 6.04 Å². The van der Waals surface area contributed by atoms with Gasteiger partial charge in [0, 0.05) is 22.6 Å². The number of rotatable bonds is 3. The molecule has 0 radical (unpaired) electrons. The fraction of sp³-hybridized carbons (Fsp3) is 0.750. The topological polar surface area (TPSA) is 38.9 Å². The molecule has 0 saturated carbocycles. The second-order valence-corrected chi connectivity index (χ2v) is 7.16. The average molecular weight is 256 g/mol. The summed E-state index contributed by atoms with van der Waals surface area (Å²) < 4.78 is 0. The van der Waals surface area contributed by atoms with Gasteiger partial charge in [-0.2, -0.15) is 11.8 Å². The molecular formula is C12H20N2S2. The first-order valence-corrected chi connectivity index (χ1v) is 7.83. The Labute approximate surface area is 106 Å². The predicted molar refractivity (Wildman–Crippen MR) is 73.4 cm³/mol. The Hall–Kier alpha value is -0.0600. The van der Waals surface area contributed by atoms with E-state index in [1.165, 1.54) is 40.6 Å². The van der Waals surface area contributed by atoms with E-state index in [4.69, 9.17) is 5.73 Å². The summed E-state index contributed by atoms with van der Waals surface area (Å²) in [7, 11) is 0. The molecule has 2 heterocycles. The Morgan fingerprint density at radius 2 is 2.25 bits per heavy atom. The van der Waals surface area contributed by atoms with Gasteiger partial charge in [0.1, 0.15) is 0 Å². The maximum absolute atomic E-state index is 6.29. The van der Waals surface area contributed by atoms with Crippen LogP contribution < -0.4 is 5.73 Å². The molecular weight excluding hydrogens is 236 g/mol. The van der Waals surface area contributed by atoms with Gasteiger partial charge in [0.2, 0.25) is 0 Å². The highest BCUT2D eigenvalue weighted by Gasteiger charge is 2.22. The van der Waals surface area contributed by atoms with Gasteiger partial charge in [-0.05, 0) is 32.4 Å². The molecule has 0 aromatic carbocycles. The van der Waals surface area contributed by atoms with Crippen LogP contribution >= 0.6 is 23.1 Å². The molecule has 2 atom stereocenters. The number of thioether (sulfide) groups is 1. The molecule has 2 N–H and O–H groups in total. The van der Waals surface area contributed by atoms with Crippen molar-refractivity contribution in [1.29, 1.82) is 0 Å².